The first-order chi connectivity index (χ1) is 12.0. The summed E-state index contributed by atoms with van der Waals surface area (Å²) in [6, 6.07) is 16.6. The minimum absolute atomic E-state index is 0. The second-order valence-corrected chi connectivity index (χ2v) is 6.13. The number of benzene rings is 2. The van der Waals surface area contributed by atoms with Crippen molar-refractivity contribution >= 4 is 35.6 Å². The molecule has 0 heterocycles. The van der Waals surface area contributed by atoms with Gasteiger partial charge in [0.15, 0.2) is 5.96 Å². The summed E-state index contributed by atoms with van der Waals surface area (Å²) in [5.74, 6) is 1.74. The standard InChI is InChI=1S/C20H28N4O.HI/c1-21-20(22-14-16-10-12-18(13-11-16)23(2)3)24(4)15-17-8-6-7-9-19(17)25-5;/h6-13H,14-15H2,1-5H3,(H,21,22);1H. The molecule has 2 aromatic rings. The van der Waals surface area contributed by atoms with Crippen LogP contribution in [0.1, 0.15) is 11.1 Å². The average molecular weight is 468 g/mol. The average Bonchev–Trinajstić information content (AvgIpc) is 2.63. The number of guanidine groups is 1. The zero-order valence-electron chi connectivity index (χ0n) is 16.2. The van der Waals surface area contributed by atoms with Gasteiger partial charge in [-0.3, -0.25) is 4.99 Å². The van der Waals surface area contributed by atoms with Crippen LogP contribution in [0.15, 0.2) is 53.5 Å². The Kier molecular flexibility index (Phi) is 9.26. The van der Waals surface area contributed by atoms with Crippen molar-refractivity contribution in [3.05, 3.63) is 59.7 Å². The predicted molar refractivity (Wildman–Crippen MR) is 121 cm³/mol. The molecule has 0 aromatic heterocycles. The molecular weight excluding hydrogens is 439 g/mol. The molecule has 0 bridgehead atoms. The molecule has 0 aliphatic heterocycles. The molecule has 0 aliphatic rings. The van der Waals surface area contributed by atoms with Gasteiger partial charge in [0.2, 0.25) is 0 Å². The molecule has 142 valence electrons. The van der Waals surface area contributed by atoms with Crippen LogP contribution < -0.4 is 15.0 Å². The molecular formula is C20H29IN4O. The second kappa shape index (κ2) is 10.9. The van der Waals surface area contributed by atoms with E-state index in [9.17, 15) is 0 Å². The van der Waals surface area contributed by atoms with E-state index >= 15 is 0 Å². The van der Waals surface area contributed by atoms with Crippen LogP contribution in [-0.2, 0) is 13.1 Å². The summed E-state index contributed by atoms with van der Waals surface area (Å²) >= 11 is 0. The van der Waals surface area contributed by atoms with E-state index in [1.807, 2.05) is 39.3 Å². The Morgan fingerprint density at radius 1 is 1.04 bits per heavy atom. The van der Waals surface area contributed by atoms with E-state index in [0.29, 0.717) is 0 Å². The molecule has 26 heavy (non-hydrogen) atoms. The number of nitrogens with zero attached hydrogens (tertiary/aromatic N) is 3. The predicted octanol–water partition coefficient (Wildman–Crippen LogP) is 3.59. The summed E-state index contributed by atoms with van der Waals surface area (Å²) in [6.45, 7) is 1.46. The highest BCUT2D eigenvalue weighted by molar-refractivity contribution is 14.0. The summed E-state index contributed by atoms with van der Waals surface area (Å²) < 4.78 is 5.43. The second-order valence-electron chi connectivity index (χ2n) is 6.13. The van der Waals surface area contributed by atoms with Crippen molar-refractivity contribution in [3.8, 4) is 5.75 Å². The molecule has 0 aliphatic carbocycles. The number of aliphatic imine (C=N–C) groups is 1. The number of anilines is 1. The molecule has 0 amide bonds. The number of ether oxygens (including phenoxy) is 1. The Morgan fingerprint density at radius 3 is 2.27 bits per heavy atom. The van der Waals surface area contributed by atoms with Crippen molar-refractivity contribution in [1.82, 2.24) is 10.2 Å². The van der Waals surface area contributed by atoms with Crippen molar-refractivity contribution in [2.24, 2.45) is 4.99 Å². The molecule has 0 fully saturated rings. The molecule has 1 N–H and O–H groups in total. The third-order valence-electron chi connectivity index (χ3n) is 4.08. The van der Waals surface area contributed by atoms with E-state index in [-0.39, 0.29) is 24.0 Å². The fourth-order valence-electron chi connectivity index (χ4n) is 2.64. The Hall–Kier alpha value is -1.96. The van der Waals surface area contributed by atoms with Crippen LogP contribution >= 0.6 is 24.0 Å². The number of rotatable bonds is 6. The summed E-state index contributed by atoms with van der Waals surface area (Å²) in [7, 11) is 9.61. The molecule has 2 rings (SSSR count). The third-order valence-corrected chi connectivity index (χ3v) is 4.08. The van der Waals surface area contributed by atoms with E-state index in [1.54, 1.807) is 14.2 Å². The largest absolute Gasteiger partial charge is 0.496 e. The van der Waals surface area contributed by atoms with Gasteiger partial charge < -0.3 is 19.9 Å². The first kappa shape index (κ1) is 22.1. The zero-order valence-corrected chi connectivity index (χ0v) is 18.5. The van der Waals surface area contributed by atoms with Gasteiger partial charge in [-0.15, -0.1) is 24.0 Å². The van der Waals surface area contributed by atoms with Crippen LogP contribution in [0.2, 0.25) is 0 Å². The number of nitrogens with one attached hydrogen (secondary N) is 1. The van der Waals surface area contributed by atoms with Gasteiger partial charge in [0.05, 0.1) is 7.11 Å². The van der Waals surface area contributed by atoms with Gasteiger partial charge in [0.1, 0.15) is 5.75 Å². The van der Waals surface area contributed by atoms with E-state index in [0.717, 1.165) is 30.4 Å². The quantitative estimate of drug-likeness (QED) is 0.400. The zero-order chi connectivity index (χ0) is 18.2. The van der Waals surface area contributed by atoms with Crippen molar-refractivity contribution in [2.75, 3.05) is 40.2 Å². The fourth-order valence-corrected chi connectivity index (χ4v) is 2.64. The number of hydrogen-bond acceptors (Lipinski definition) is 3. The lowest BCUT2D eigenvalue weighted by atomic mass is 10.2. The maximum absolute atomic E-state index is 5.43. The molecule has 0 saturated carbocycles. The first-order valence-electron chi connectivity index (χ1n) is 8.35. The van der Waals surface area contributed by atoms with Crippen molar-refractivity contribution in [3.63, 3.8) is 0 Å². The SMILES string of the molecule is CN=C(NCc1ccc(N(C)C)cc1)N(C)Cc1ccccc1OC.I. The minimum Gasteiger partial charge on any atom is -0.496 e. The lowest BCUT2D eigenvalue weighted by Crippen LogP contribution is -2.38. The summed E-state index contributed by atoms with van der Waals surface area (Å²) in [6.07, 6.45) is 0. The topological polar surface area (TPSA) is 40.1 Å². The summed E-state index contributed by atoms with van der Waals surface area (Å²) in [4.78, 5) is 8.57. The molecule has 0 saturated heterocycles. The highest BCUT2D eigenvalue weighted by atomic mass is 127. The Bertz CT molecular complexity index is 701. The normalized spacial score (nSPS) is 10.7. The number of halogens is 1. The number of hydrogen-bond donors (Lipinski definition) is 1. The van der Waals surface area contributed by atoms with Gasteiger partial charge >= 0.3 is 0 Å². The van der Waals surface area contributed by atoms with E-state index in [2.05, 4.69) is 50.4 Å². The lowest BCUT2D eigenvalue weighted by Gasteiger charge is -2.23. The Balaban J connectivity index is 0.00000338. The first-order valence-corrected chi connectivity index (χ1v) is 8.35. The molecule has 0 radical (unpaired) electrons. The van der Waals surface area contributed by atoms with Gasteiger partial charge in [-0.05, 0) is 23.8 Å². The summed E-state index contributed by atoms with van der Waals surface area (Å²) in [5, 5.41) is 3.41. The van der Waals surface area contributed by atoms with Gasteiger partial charge in [-0.2, -0.15) is 0 Å². The summed E-state index contributed by atoms with van der Waals surface area (Å²) in [5.41, 5.74) is 3.55. The molecule has 2 aromatic carbocycles. The van der Waals surface area contributed by atoms with Gasteiger partial charge in [-0.1, -0.05) is 30.3 Å². The maximum Gasteiger partial charge on any atom is 0.193 e. The van der Waals surface area contributed by atoms with Crippen LogP contribution in [-0.4, -0.2) is 46.2 Å². The monoisotopic (exact) mass is 468 g/mol. The van der Waals surface area contributed by atoms with Gasteiger partial charge in [-0.25, -0.2) is 0 Å². The molecule has 0 atom stereocenters. The highest BCUT2D eigenvalue weighted by Gasteiger charge is 2.09. The van der Waals surface area contributed by atoms with Crippen LogP contribution in [0.25, 0.3) is 0 Å². The van der Waals surface area contributed by atoms with E-state index in [1.165, 1.54) is 11.3 Å². The number of para-hydroxylation sites is 1. The molecule has 5 nitrogen and oxygen atoms in total. The van der Waals surface area contributed by atoms with Crippen LogP contribution in [0.4, 0.5) is 5.69 Å². The fraction of sp³-hybridized carbons (Fsp3) is 0.350. The molecule has 6 heteroatoms. The highest BCUT2D eigenvalue weighted by Crippen LogP contribution is 2.18. The number of methoxy groups -OCH3 is 1. The van der Waals surface area contributed by atoms with Gasteiger partial charge in [0.25, 0.3) is 0 Å². The van der Waals surface area contributed by atoms with E-state index in [4.69, 9.17) is 4.74 Å². The van der Waals surface area contributed by atoms with Crippen molar-refractivity contribution in [2.45, 2.75) is 13.1 Å². The Labute approximate surface area is 174 Å². The van der Waals surface area contributed by atoms with E-state index < -0.39 is 0 Å². The van der Waals surface area contributed by atoms with Crippen LogP contribution in [0, 0.1) is 0 Å². The van der Waals surface area contributed by atoms with Crippen LogP contribution in [0.5, 0.6) is 5.75 Å². The minimum atomic E-state index is 0. The Morgan fingerprint density at radius 2 is 1.69 bits per heavy atom. The molecule has 0 unspecified atom stereocenters. The third kappa shape index (κ3) is 6.09. The lowest BCUT2D eigenvalue weighted by molar-refractivity contribution is 0.396. The maximum atomic E-state index is 5.43. The van der Waals surface area contributed by atoms with Crippen molar-refractivity contribution in [1.29, 1.82) is 0 Å². The smallest absolute Gasteiger partial charge is 0.193 e. The van der Waals surface area contributed by atoms with Crippen molar-refractivity contribution < 1.29 is 4.74 Å². The molecule has 0 spiro atoms. The van der Waals surface area contributed by atoms with Gasteiger partial charge in [0, 0.05) is 52.5 Å². The van der Waals surface area contributed by atoms with Crippen LogP contribution in [0.3, 0.4) is 0 Å².